The Bertz CT molecular complexity index is 1570. The summed E-state index contributed by atoms with van der Waals surface area (Å²) in [7, 11) is 1.17. The molecule has 3 unspecified atom stereocenters. The molecule has 0 aliphatic rings. The highest BCUT2D eigenvalue weighted by molar-refractivity contribution is 7.45. The summed E-state index contributed by atoms with van der Waals surface area (Å²) >= 11 is 0. The molecule has 0 spiro atoms. The molecule has 474 valence electrons. The summed E-state index contributed by atoms with van der Waals surface area (Å²) in [5, 5.41) is 3.02. The van der Waals surface area contributed by atoms with Crippen LogP contribution in [0.4, 0.5) is 0 Å². The van der Waals surface area contributed by atoms with Gasteiger partial charge in [-0.15, -0.1) is 0 Å². The molecule has 0 aromatic rings. The number of hydrogen-bond donors (Lipinski definition) is 1. The van der Waals surface area contributed by atoms with Gasteiger partial charge in [-0.2, -0.15) is 0 Å². The fourth-order valence-electron chi connectivity index (χ4n) is 10.2. The highest BCUT2D eigenvalue weighted by Gasteiger charge is 2.27. The third kappa shape index (κ3) is 62.1. The quantitative estimate of drug-likeness (QED) is 0.0212. The lowest BCUT2D eigenvalue weighted by molar-refractivity contribution is -0.870. The average Bonchev–Trinajstić information content (AvgIpc) is 3.44. The smallest absolute Gasteiger partial charge is 0.306 e. The zero-order chi connectivity index (χ0) is 59.3. The third-order valence-electron chi connectivity index (χ3n) is 15.5. The summed E-state index contributed by atoms with van der Waals surface area (Å²) in [5.41, 5.74) is 0. The number of esters is 1. The minimum atomic E-state index is -4.71. The van der Waals surface area contributed by atoms with Crippen molar-refractivity contribution in [2.45, 2.75) is 341 Å². The number of phosphoric acid groups is 1. The third-order valence-corrected chi connectivity index (χ3v) is 16.4. The van der Waals surface area contributed by atoms with E-state index >= 15 is 0 Å². The maximum Gasteiger partial charge on any atom is 0.306 e. The van der Waals surface area contributed by atoms with Crippen molar-refractivity contribution >= 4 is 19.7 Å². The standard InChI is InChI=1S/C71H133N2O7P/c1-7-10-13-16-19-22-25-28-30-32-33-34-35-36-37-38-39-40-41-42-44-46-49-52-55-58-61-64-71(75)80-69(62-59-56-53-50-47-27-24-21-18-15-12-9-3)68(67-79-81(76,77)78-66-65-73(4,5)6)72-70(74)63-60-57-54-51-48-45-43-31-29-26-23-20-17-14-11-8-2/h11,14,20,23,29,31,45,48,59,62,68-69H,7-10,12-13,15-19,21-22,24-28,30,32-44,46-47,49-58,60-61,63-67H2,1-6H3,(H-,72,74,76,77)/b14-11+,23-20+,31-29+,48-45+,62-59-. The van der Waals surface area contributed by atoms with Crippen LogP contribution in [-0.4, -0.2) is 69.4 Å². The molecule has 10 heteroatoms. The van der Waals surface area contributed by atoms with Gasteiger partial charge in [0, 0.05) is 12.8 Å². The Labute approximate surface area is 502 Å². The van der Waals surface area contributed by atoms with E-state index in [0.29, 0.717) is 17.4 Å². The SMILES string of the molecule is CC/C=C/C/C=C/C/C=C/C/C=C/CCCCCC(=O)NC(COP(=O)([O-])OCC[N+](C)(C)C)C(/C=C\CCCCCCCCCCCC)OC(=O)CCCCCCCCCCCCCCCCCCCCCCCCCCCCC. The van der Waals surface area contributed by atoms with Crippen LogP contribution in [0.2, 0.25) is 0 Å². The van der Waals surface area contributed by atoms with E-state index in [1.54, 1.807) is 0 Å². The number of likely N-dealkylation sites (N-methyl/N-ethyl adjacent to an activating group) is 1. The molecule has 1 N–H and O–H groups in total. The largest absolute Gasteiger partial charge is 0.756 e. The minimum Gasteiger partial charge on any atom is -0.756 e. The van der Waals surface area contributed by atoms with E-state index in [4.69, 9.17) is 13.8 Å². The Hall–Kier alpha value is -2.29. The molecule has 0 rings (SSSR count). The van der Waals surface area contributed by atoms with Crippen molar-refractivity contribution in [1.29, 1.82) is 0 Å². The van der Waals surface area contributed by atoms with Crippen molar-refractivity contribution in [3.8, 4) is 0 Å². The van der Waals surface area contributed by atoms with E-state index in [2.05, 4.69) is 74.7 Å². The van der Waals surface area contributed by atoms with Crippen LogP contribution >= 0.6 is 7.82 Å². The van der Waals surface area contributed by atoms with E-state index in [-0.39, 0.29) is 31.3 Å². The van der Waals surface area contributed by atoms with Gasteiger partial charge in [0.2, 0.25) is 5.91 Å². The Morgan fingerprint density at radius 1 is 0.444 bits per heavy atom. The first-order valence-corrected chi connectivity index (χ1v) is 36.1. The Kier molecular flexibility index (Phi) is 59.1. The Morgan fingerprint density at radius 2 is 0.790 bits per heavy atom. The van der Waals surface area contributed by atoms with Crippen molar-refractivity contribution in [2.75, 3.05) is 40.9 Å². The molecule has 9 nitrogen and oxygen atoms in total. The molecule has 0 saturated carbocycles. The molecule has 0 radical (unpaired) electrons. The lowest BCUT2D eigenvalue weighted by Crippen LogP contribution is -2.47. The molecule has 81 heavy (non-hydrogen) atoms. The summed E-state index contributed by atoms with van der Waals surface area (Å²) < 4.78 is 30.4. The molecule has 0 saturated heterocycles. The molecule has 0 aliphatic heterocycles. The number of carbonyl (C=O) groups excluding carboxylic acids is 2. The van der Waals surface area contributed by atoms with Gasteiger partial charge in [-0.05, 0) is 70.3 Å². The predicted octanol–water partition coefficient (Wildman–Crippen LogP) is 21.2. The first-order valence-electron chi connectivity index (χ1n) is 34.6. The molecule has 0 fully saturated rings. The van der Waals surface area contributed by atoms with Crippen LogP contribution in [0.5, 0.6) is 0 Å². The second-order valence-corrected chi connectivity index (χ2v) is 26.1. The lowest BCUT2D eigenvalue weighted by atomic mass is 10.0. The van der Waals surface area contributed by atoms with Crippen LogP contribution in [-0.2, 0) is 27.9 Å². The van der Waals surface area contributed by atoms with Crippen LogP contribution < -0.4 is 10.2 Å². The first kappa shape index (κ1) is 78.7. The van der Waals surface area contributed by atoms with Crippen molar-refractivity contribution in [2.24, 2.45) is 0 Å². The second-order valence-electron chi connectivity index (χ2n) is 24.7. The van der Waals surface area contributed by atoms with Crippen molar-refractivity contribution in [1.82, 2.24) is 5.32 Å². The monoisotopic (exact) mass is 1160 g/mol. The second kappa shape index (κ2) is 60.8. The van der Waals surface area contributed by atoms with Crippen LogP contribution in [0.1, 0.15) is 329 Å². The topological polar surface area (TPSA) is 114 Å². The first-order chi connectivity index (χ1) is 39.4. The number of rotatable bonds is 63. The predicted molar refractivity (Wildman–Crippen MR) is 349 cm³/mol. The number of nitrogens with zero attached hydrogens (tertiary/aromatic N) is 1. The fourth-order valence-corrected chi connectivity index (χ4v) is 10.9. The number of carbonyl (C=O) groups is 2. The van der Waals surface area contributed by atoms with Crippen molar-refractivity contribution in [3.05, 3.63) is 60.8 Å². The number of phosphoric ester groups is 1. The van der Waals surface area contributed by atoms with Gasteiger partial charge in [0.15, 0.2) is 0 Å². The van der Waals surface area contributed by atoms with Crippen LogP contribution in [0.15, 0.2) is 60.8 Å². The average molecular weight is 1160 g/mol. The molecular weight excluding hydrogens is 1020 g/mol. The number of quaternary nitrogens is 1. The van der Waals surface area contributed by atoms with Gasteiger partial charge in [-0.25, -0.2) is 0 Å². The van der Waals surface area contributed by atoms with Gasteiger partial charge in [-0.1, -0.05) is 307 Å². The van der Waals surface area contributed by atoms with E-state index in [1.807, 2.05) is 33.3 Å². The van der Waals surface area contributed by atoms with Gasteiger partial charge in [0.05, 0.1) is 33.8 Å². The molecule has 0 aliphatic carbocycles. The van der Waals surface area contributed by atoms with Crippen molar-refractivity contribution in [3.63, 3.8) is 0 Å². The van der Waals surface area contributed by atoms with Crippen molar-refractivity contribution < 1.29 is 37.3 Å². The number of nitrogens with one attached hydrogen (secondary N) is 1. The fraction of sp³-hybridized carbons (Fsp3) is 0.831. The number of ether oxygens (including phenoxy) is 1. The maximum absolute atomic E-state index is 13.5. The summed E-state index contributed by atoms with van der Waals surface area (Å²) in [5.74, 6) is -0.566. The zero-order valence-electron chi connectivity index (χ0n) is 54.2. The zero-order valence-corrected chi connectivity index (χ0v) is 55.1. The summed E-state index contributed by atoms with van der Waals surface area (Å²) in [6, 6.07) is -0.905. The van der Waals surface area contributed by atoms with Gasteiger partial charge in [-0.3, -0.25) is 14.2 Å². The normalized spacial score (nSPS) is 13.9. The highest BCUT2D eigenvalue weighted by atomic mass is 31.2. The van der Waals surface area contributed by atoms with Gasteiger partial charge < -0.3 is 28.5 Å². The van der Waals surface area contributed by atoms with E-state index in [0.717, 1.165) is 83.5 Å². The number of amides is 1. The van der Waals surface area contributed by atoms with Crippen LogP contribution in [0, 0.1) is 0 Å². The summed E-state index contributed by atoms with van der Waals surface area (Å²) in [6.45, 7) is 6.74. The minimum absolute atomic E-state index is 0.0287. The molecule has 0 heterocycles. The Morgan fingerprint density at radius 3 is 1.20 bits per heavy atom. The van der Waals surface area contributed by atoms with Crippen LogP contribution in [0.25, 0.3) is 0 Å². The number of hydrogen-bond acceptors (Lipinski definition) is 7. The number of allylic oxidation sites excluding steroid dienone is 9. The van der Waals surface area contributed by atoms with E-state index in [9.17, 15) is 19.0 Å². The lowest BCUT2D eigenvalue weighted by Gasteiger charge is -2.30. The van der Waals surface area contributed by atoms with Crippen LogP contribution in [0.3, 0.4) is 0 Å². The molecular formula is C71H133N2O7P. The van der Waals surface area contributed by atoms with Gasteiger partial charge >= 0.3 is 5.97 Å². The van der Waals surface area contributed by atoms with E-state index < -0.39 is 26.6 Å². The maximum atomic E-state index is 13.5. The van der Waals surface area contributed by atoms with E-state index in [1.165, 1.54) is 205 Å². The summed E-state index contributed by atoms with van der Waals surface area (Å²) in [6.07, 6.45) is 77.9. The number of unbranched alkanes of at least 4 members (excludes halogenated alkanes) is 39. The molecule has 1 amide bonds. The molecule has 0 aromatic heterocycles. The van der Waals surface area contributed by atoms with Gasteiger partial charge in [0.1, 0.15) is 19.3 Å². The highest BCUT2D eigenvalue weighted by Crippen LogP contribution is 2.38. The molecule has 0 bridgehead atoms. The summed E-state index contributed by atoms with van der Waals surface area (Å²) in [4.78, 5) is 40.1. The Balaban J connectivity index is 5.02. The molecule has 0 aromatic carbocycles. The van der Waals surface area contributed by atoms with Gasteiger partial charge in [0.25, 0.3) is 7.82 Å². The molecule has 3 atom stereocenters.